The molecular formula is C21H18F5IN6. The van der Waals surface area contributed by atoms with Crippen molar-refractivity contribution in [2.45, 2.75) is 49.9 Å². The molecule has 6 nitrogen and oxygen atoms in total. The summed E-state index contributed by atoms with van der Waals surface area (Å²) in [4.78, 5) is 4.51. The van der Waals surface area contributed by atoms with Crippen molar-refractivity contribution in [3.63, 3.8) is 0 Å². The van der Waals surface area contributed by atoms with E-state index in [1.807, 2.05) is 28.7 Å². The summed E-state index contributed by atoms with van der Waals surface area (Å²) in [5.41, 5.74) is 8.34. The second kappa shape index (κ2) is 7.96. The molecule has 1 unspecified atom stereocenters. The molecule has 2 heterocycles. The average Bonchev–Trinajstić information content (AvgIpc) is 3.42. The summed E-state index contributed by atoms with van der Waals surface area (Å²) >= 11 is 2.01. The molecular weight excluding hydrogens is 558 g/mol. The molecule has 33 heavy (non-hydrogen) atoms. The van der Waals surface area contributed by atoms with Gasteiger partial charge in [-0.25, -0.2) is 4.99 Å². The fourth-order valence-corrected chi connectivity index (χ4v) is 4.50. The van der Waals surface area contributed by atoms with Crippen LogP contribution in [-0.4, -0.2) is 25.6 Å². The largest absolute Gasteiger partial charge is 0.455 e. The van der Waals surface area contributed by atoms with Gasteiger partial charge in [0.1, 0.15) is 16.1 Å². The number of hydrogen-bond acceptors (Lipinski definition) is 5. The second-order valence-corrected chi connectivity index (χ2v) is 9.16. The third-order valence-corrected chi connectivity index (χ3v) is 6.57. The van der Waals surface area contributed by atoms with Gasteiger partial charge in [-0.15, -0.1) is 0 Å². The third-order valence-electron chi connectivity index (χ3n) is 5.75. The van der Waals surface area contributed by atoms with Crippen molar-refractivity contribution >= 4 is 38.1 Å². The Kier molecular flexibility index (Phi) is 5.66. The monoisotopic (exact) mass is 576 g/mol. The van der Waals surface area contributed by atoms with Crippen LogP contribution in [0, 0.1) is 11.3 Å². The minimum atomic E-state index is -5.67. The smallest absolute Gasteiger partial charge is 0.398 e. The predicted octanol–water partition coefficient (Wildman–Crippen LogP) is 5.06. The number of nitrogens with zero attached hydrogens (tertiary/aromatic N) is 4. The molecule has 174 valence electrons. The number of anilines is 1. The number of nitrogens with one attached hydrogen (secondary N) is 1. The Labute approximate surface area is 199 Å². The van der Waals surface area contributed by atoms with Gasteiger partial charge in [0.05, 0.1) is 29.4 Å². The number of aromatic nitrogens is 2. The molecule has 4 rings (SSSR count). The van der Waals surface area contributed by atoms with E-state index in [-0.39, 0.29) is 5.69 Å². The van der Waals surface area contributed by atoms with Crippen LogP contribution in [0.25, 0.3) is 6.08 Å². The molecule has 0 saturated heterocycles. The molecule has 1 aliphatic heterocycles. The van der Waals surface area contributed by atoms with Crippen molar-refractivity contribution < 1.29 is 22.0 Å². The van der Waals surface area contributed by atoms with Crippen molar-refractivity contribution in [1.82, 2.24) is 15.1 Å². The van der Waals surface area contributed by atoms with Crippen LogP contribution in [0.4, 0.5) is 27.6 Å². The van der Waals surface area contributed by atoms with Gasteiger partial charge in [0, 0.05) is 16.8 Å². The van der Waals surface area contributed by atoms with Crippen molar-refractivity contribution in [3.05, 3.63) is 52.6 Å². The maximum Gasteiger partial charge on any atom is 0.455 e. The fraction of sp³-hybridized carbons (Fsp3) is 0.381. The van der Waals surface area contributed by atoms with Gasteiger partial charge in [0.25, 0.3) is 0 Å². The Hall–Kier alpha value is -2.69. The molecule has 2 aromatic rings. The van der Waals surface area contributed by atoms with Gasteiger partial charge in [-0.1, -0.05) is 6.07 Å². The Morgan fingerprint density at radius 3 is 2.64 bits per heavy atom. The number of benzene rings is 1. The molecule has 1 aliphatic carbocycles. The molecule has 3 N–H and O–H groups in total. The summed E-state index contributed by atoms with van der Waals surface area (Å²) in [7, 11) is 0. The van der Waals surface area contributed by atoms with E-state index in [1.165, 1.54) is 12.3 Å². The first-order valence-corrected chi connectivity index (χ1v) is 11.0. The second-order valence-electron chi connectivity index (χ2n) is 8.14. The highest BCUT2D eigenvalue weighted by Gasteiger charge is 2.58. The number of nitrogen functional groups attached to an aromatic ring is 1. The zero-order valence-corrected chi connectivity index (χ0v) is 19.4. The van der Waals surface area contributed by atoms with E-state index < -0.39 is 30.1 Å². The number of alkyl halides is 5. The number of nitriles is 1. The highest BCUT2D eigenvalue weighted by atomic mass is 127. The summed E-state index contributed by atoms with van der Waals surface area (Å²) < 4.78 is 66.1. The molecule has 0 spiro atoms. The van der Waals surface area contributed by atoms with Crippen molar-refractivity contribution in [2.75, 3.05) is 5.73 Å². The van der Waals surface area contributed by atoms with Gasteiger partial charge in [-0.2, -0.15) is 32.3 Å². The van der Waals surface area contributed by atoms with Crippen LogP contribution >= 0.6 is 22.6 Å². The topological polar surface area (TPSA) is 92.0 Å². The minimum Gasteiger partial charge on any atom is -0.398 e. The van der Waals surface area contributed by atoms with Gasteiger partial charge >= 0.3 is 12.1 Å². The van der Waals surface area contributed by atoms with Crippen LogP contribution in [0.3, 0.4) is 0 Å². The normalized spacial score (nSPS) is 19.9. The summed E-state index contributed by atoms with van der Waals surface area (Å²) in [6, 6.07) is 7.14. The third kappa shape index (κ3) is 4.30. The number of rotatable bonds is 5. The molecule has 1 fully saturated rings. The number of hydrogen-bond donors (Lipinski definition) is 2. The lowest BCUT2D eigenvalue weighted by Gasteiger charge is -2.25. The lowest BCUT2D eigenvalue weighted by molar-refractivity contribution is -0.287. The molecule has 0 radical (unpaired) electrons. The van der Waals surface area contributed by atoms with Gasteiger partial charge < -0.3 is 11.1 Å². The molecule has 1 aromatic heterocycles. The lowest BCUT2D eigenvalue weighted by atomic mass is 9.96. The van der Waals surface area contributed by atoms with Crippen LogP contribution in [0.1, 0.15) is 48.2 Å². The van der Waals surface area contributed by atoms with Crippen molar-refractivity contribution in [1.29, 1.82) is 5.26 Å². The average molecular weight is 576 g/mol. The molecule has 12 heteroatoms. The highest BCUT2D eigenvalue weighted by molar-refractivity contribution is 14.1. The summed E-state index contributed by atoms with van der Waals surface area (Å²) in [6.45, 7) is 0.0210. The highest BCUT2D eigenvalue weighted by Crippen LogP contribution is 2.48. The van der Waals surface area contributed by atoms with E-state index >= 15 is 0 Å². The lowest BCUT2D eigenvalue weighted by Crippen LogP contribution is -2.41. The van der Waals surface area contributed by atoms with Crippen LogP contribution in [0.15, 0.2) is 35.2 Å². The summed E-state index contributed by atoms with van der Waals surface area (Å²) in [6.07, 6.45) is -1.30. The Morgan fingerprint density at radius 1 is 1.36 bits per heavy atom. The van der Waals surface area contributed by atoms with Gasteiger partial charge in [0.2, 0.25) is 0 Å². The first kappa shape index (κ1) is 23.5. The molecule has 1 aromatic carbocycles. The Balaban J connectivity index is 1.60. The van der Waals surface area contributed by atoms with Crippen LogP contribution in [0.5, 0.6) is 0 Å². The SMILES string of the molecule is CC1NC(N=C(I)c2ccc(C3(C#N)CC3)cc2N)=Cc2cnn(CC(F)(F)C(F)(F)F)c21. The van der Waals surface area contributed by atoms with E-state index in [0.29, 0.717) is 31.0 Å². The first-order chi connectivity index (χ1) is 15.4. The predicted molar refractivity (Wildman–Crippen MR) is 121 cm³/mol. The number of fused-ring (bicyclic) bond motifs is 1. The molecule has 1 atom stereocenters. The molecule has 0 bridgehead atoms. The standard InChI is InChI=1S/C21H18F5IN6/c1-11-17-12(8-30-33(17)10-20(22,23)21(24,25)26)6-16(31-11)32-18(27)14-3-2-13(7-15(14)29)19(9-28)4-5-19/h2-3,6-8,11,31H,4-5,10,29H2,1H3. The Morgan fingerprint density at radius 2 is 2.06 bits per heavy atom. The fourth-order valence-electron chi connectivity index (χ4n) is 3.75. The van der Waals surface area contributed by atoms with Gasteiger partial charge in [-0.05, 0) is 66.1 Å². The van der Waals surface area contributed by atoms with E-state index in [4.69, 9.17) is 5.73 Å². The quantitative estimate of drug-likeness (QED) is 0.225. The molecule has 0 amide bonds. The van der Waals surface area contributed by atoms with Crippen LogP contribution < -0.4 is 11.1 Å². The van der Waals surface area contributed by atoms with Crippen molar-refractivity contribution in [3.8, 4) is 6.07 Å². The number of nitrogens with two attached hydrogens (primary N) is 1. The van der Waals surface area contributed by atoms with Crippen LogP contribution in [0.2, 0.25) is 0 Å². The van der Waals surface area contributed by atoms with Gasteiger partial charge in [0.15, 0.2) is 0 Å². The first-order valence-electron chi connectivity index (χ1n) is 9.91. The minimum absolute atomic E-state index is 0.211. The van der Waals surface area contributed by atoms with E-state index in [2.05, 4.69) is 21.5 Å². The van der Waals surface area contributed by atoms with E-state index in [0.717, 1.165) is 18.4 Å². The maximum atomic E-state index is 13.5. The van der Waals surface area contributed by atoms with E-state index in [9.17, 15) is 27.2 Å². The summed E-state index contributed by atoms with van der Waals surface area (Å²) in [5, 5.41) is 16.1. The molecule has 2 aliphatic rings. The maximum absolute atomic E-state index is 13.5. The van der Waals surface area contributed by atoms with Crippen molar-refractivity contribution in [2.24, 2.45) is 4.99 Å². The number of aliphatic imine (C=N–C) groups is 1. The molecule has 1 saturated carbocycles. The van der Waals surface area contributed by atoms with E-state index in [1.54, 1.807) is 19.1 Å². The Bertz CT molecular complexity index is 1200. The zero-order valence-electron chi connectivity index (χ0n) is 17.2. The zero-order chi connectivity index (χ0) is 24.2. The van der Waals surface area contributed by atoms with Crippen LogP contribution in [-0.2, 0) is 12.0 Å². The number of halogens is 6. The summed E-state index contributed by atoms with van der Waals surface area (Å²) in [5.74, 6) is -4.51. The van der Waals surface area contributed by atoms with Gasteiger partial charge in [-0.3, -0.25) is 4.68 Å².